The molecule has 1 aromatic carbocycles. The van der Waals surface area contributed by atoms with Crippen molar-refractivity contribution < 1.29 is 19.1 Å². The number of anilines is 2. The number of thiophene rings is 1. The van der Waals surface area contributed by atoms with Crippen molar-refractivity contribution in [3.05, 3.63) is 40.4 Å². The number of fused-ring (bicyclic) bond motifs is 2. The highest BCUT2D eigenvalue weighted by atomic mass is 32.1. The van der Waals surface area contributed by atoms with E-state index in [0.29, 0.717) is 62.4 Å². The lowest BCUT2D eigenvalue weighted by Crippen LogP contribution is -2.16. The van der Waals surface area contributed by atoms with Gasteiger partial charge in [0, 0.05) is 28.4 Å². The molecule has 3 N–H and O–H groups in total. The molecular formula is C19H17N3O4S. The van der Waals surface area contributed by atoms with Crippen LogP contribution in [0.5, 0.6) is 11.5 Å². The van der Waals surface area contributed by atoms with E-state index in [1.54, 1.807) is 31.2 Å². The van der Waals surface area contributed by atoms with E-state index in [4.69, 9.17) is 15.2 Å². The predicted molar refractivity (Wildman–Crippen MR) is 104 cm³/mol. The number of hydrogen-bond acceptors (Lipinski definition) is 7. The summed E-state index contributed by atoms with van der Waals surface area (Å²) < 4.78 is 11.0. The number of nitrogens with one attached hydrogen (secondary N) is 1. The van der Waals surface area contributed by atoms with E-state index >= 15 is 0 Å². The Hall–Kier alpha value is -3.13. The molecule has 2 aromatic heterocycles. The monoisotopic (exact) mass is 383 g/mol. The fraction of sp³-hybridized carbons (Fsp3) is 0.211. The maximum absolute atomic E-state index is 12.7. The van der Waals surface area contributed by atoms with E-state index in [1.807, 2.05) is 0 Å². The number of nitrogens with two attached hydrogens (primary N) is 1. The molecule has 3 aromatic rings. The lowest BCUT2D eigenvalue weighted by Gasteiger charge is -2.18. The van der Waals surface area contributed by atoms with Crippen LogP contribution >= 0.6 is 11.3 Å². The van der Waals surface area contributed by atoms with Gasteiger partial charge in [-0.25, -0.2) is 4.98 Å². The Morgan fingerprint density at radius 2 is 1.93 bits per heavy atom. The Labute approximate surface area is 159 Å². The molecule has 0 bridgehead atoms. The van der Waals surface area contributed by atoms with Gasteiger partial charge in [0.1, 0.15) is 22.9 Å². The van der Waals surface area contributed by atoms with Gasteiger partial charge in [-0.15, -0.1) is 11.3 Å². The molecule has 1 aliphatic rings. The number of hydrogen-bond donors (Lipinski definition) is 2. The Morgan fingerprint density at radius 3 is 2.67 bits per heavy atom. The number of ether oxygens (including phenoxy) is 2. The van der Waals surface area contributed by atoms with Gasteiger partial charge in [-0.1, -0.05) is 0 Å². The highest BCUT2D eigenvalue weighted by Gasteiger charge is 2.20. The van der Waals surface area contributed by atoms with Crippen molar-refractivity contribution in [2.75, 3.05) is 24.3 Å². The van der Waals surface area contributed by atoms with Gasteiger partial charge < -0.3 is 20.5 Å². The third kappa shape index (κ3) is 3.08. The molecule has 4 rings (SSSR count). The standard InChI is InChI=1S/C19H17N3O4S/c1-9-12(10(2)23)8-13-16(20)17(27-19(13)21-9)18(24)22-11-3-4-14-15(7-11)26-6-5-25-14/h3-4,7-8H,5-6,20H2,1-2H3,(H,22,24). The smallest absolute Gasteiger partial charge is 0.267 e. The van der Waals surface area contributed by atoms with Crippen molar-refractivity contribution in [2.24, 2.45) is 0 Å². The number of carbonyl (C=O) groups is 2. The molecule has 1 amide bonds. The van der Waals surface area contributed by atoms with Crippen LogP contribution in [-0.4, -0.2) is 29.9 Å². The molecule has 0 radical (unpaired) electrons. The Morgan fingerprint density at radius 1 is 1.19 bits per heavy atom. The first-order chi connectivity index (χ1) is 12.9. The fourth-order valence-corrected chi connectivity index (χ4v) is 3.98. The number of nitrogens with zero attached hydrogens (tertiary/aromatic N) is 1. The normalized spacial score (nSPS) is 12.8. The van der Waals surface area contributed by atoms with Gasteiger partial charge in [0.05, 0.1) is 5.69 Å². The van der Waals surface area contributed by atoms with E-state index in [2.05, 4.69) is 10.3 Å². The molecule has 0 spiro atoms. The van der Waals surface area contributed by atoms with E-state index in [9.17, 15) is 9.59 Å². The molecule has 0 atom stereocenters. The summed E-state index contributed by atoms with van der Waals surface area (Å²) in [5, 5.41) is 3.44. The first kappa shape index (κ1) is 17.3. The molecule has 0 fully saturated rings. The lowest BCUT2D eigenvalue weighted by atomic mass is 10.1. The van der Waals surface area contributed by atoms with Crippen molar-refractivity contribution >= 4 is 44.6 Å². The molecule has 0 aliphatic carbocycles. The van der Waals surface area contributed by atoms with E-state index in [1.165, 1.54) is 18.3 Å². The average Bonchev–Trinajstić information content (AvgIpc) is 2.96. The quantitative estimate of drug-likeness (QED) is 0.672. The van der Waals surface area contributed by atoms with Crippen LogP contribution in [0, 0.1) is 6.92 Å². The van der Waals surface area contributed by atoms with Crippen molar-refractivity contribution in [2.45, 2.75) is 13.8 Å². The molecular weight excluding hydrogens is 366 g/mol. The van der Waals surface area contributed by atoms with Crippen LogP contribution in [0.25, 0.3) is 10.2 Å². The van der Waals surface area contributed by atoms with Gasteiger partial charge in [0.25, 0.3) is 5.91 Å². The zero-order valence-corrected chi connectivity index (χ0v) is 15.6. The van der Waals surface area contributed by atoms with Crippen molar-refractivity contribution in [1.82, 2.24) is 4.98 Å². The van der Waals surface area contributed by atoms with Crippen molar-refractivity contribution in [3.8, 4) is 11.5 Å². The molecule has 138 valence electrons. The van der Waals surface area contributed by atoms with Crippen LogP contribution in [0.3, 0.4) is 0 Å². The first-order valence-corrected chi connectivity index (χ1v) is 9.17. The van der Waals surface area contributed by atoms with Crippen LogP contribution < -0.4 is 20.5 Å². The van der Waals surface area contributed by atoms with Crippen molar-refractivity contribution in [1.29, 1.82) is 0 Å². The molecule has 0 unspecified atom stereocenters. The van der Waals surface area contributed by atoms with Gasteiger partial charge >= 0.3 is 0 Å². The predicted octanol–water partition coefficient (Wildman–Crippen LogP) is 3.41. The number of Topliss-reactive ketones (excluding diaryl/α,β-unsaturated/α-hetero) is 1. The number of benzene rings is 1. The molecule has 3 heterocycles. The largest absolute Gasteiger partial charge is 0.486 e. The maximum atomic E-state index is 12.7. The summed E-state index contributed by atoms with van der Waals surface area (Å²) in [7, 11) is 0. The number of ketones is 1. The van der Waals surface area contributed by atoms with E-state index < -0.39 is 0 Å². The van der Waals surface area contributed by atoms with Gasteiger partial charge in [0.15, 0.2) is 17.3 Å². The Balaban J connectivity index is 1.66. The summed E-state index contributed by atoms with van der Waals surface area (Å²) in [5.41, 5.74) is 8.20. The molecule has 0 saturated heterocycles. The van der Waals surface area contributed by atoms with Crippen LogP contribution in [0.1, 0.15) is 32.6 Å². The second-order valence-corrected chi connectivity index (χ2v) is 7.19. The summed E-state index contributed by atoms with van der Waals surface area (Å²) in [4.78, 5) is 29.9. The number of aromatic nitrogens is 1. The summed E-state index contributed by atoms with van der Waals surface area (Å²) in [6, 6.07) is 6.91. The van der Waals surface area contributed by atoms with Crippen LogP contribution in [0.15, 0.2) is 24.3 Å². The fourth-order valence-electron chi connectivity index (χ4n) is 2.96. The zero-order chi connectivity index (χ0) is 19.1. The van der Waals surface area contributed by atoms with Crippen molar-refractivity contribution in [3.63, 3.8) is 0 Å². The molecule has 0 saturated carbocycles. The summed E-state index contributed by atoms with van der Waals surface area (Å²) in [6.45, 7) is 4.22. The van der Waals surface area contributed by atoms with Crippen LogP contribution in [0.2, 0.25) is 0 Å². The average molecular weight is 383 g/mol. The van der Waals surface area contributed by atoms with Crippen LogP contribution in [-0.2, 0) is 0 Å². The summed E-state index contributed by atoms with van der Waals surface area (Å²) >= 11 is 1.20. The van der Waals surface area contributed by atoms with E-state index in [0.717, 1.165) is 0 Å². The number of nitrogen functional groups attached to an aromatic ring is 1. The zero-order valence-electron chi connectivity index (χ0n) is 14.8. The minimum absolute atomic E-state index is 0.0882. The van der Waals surface area contributed by atoms with Crippen LogP contribution in [0.4, 0.5) is 11.4 Å². The number of amides is 1. The number of pyridine rings is 1. The Bertz CT molecular complexity index is 1090. The summed E-state index contributed by atoms with van der Waals surface area (Å²) in [5.74, 6) is 0.813. The second kappa shape index (κ2) is 6.55. The summed E-state index contributed by atoms with van der Waals surface area (Å²) in [6.07, 6.45) is 0. The SMILES string of the molecule is CC(=O)c1cc2c(N)c(C(=O)Nc3ccc4c(c3)OCCO4)sc2nc1C. The lowest BCUT2D eigenvalue weighted by molar-refractivity contribution is 0.101. The molecule has 27 heavy (non-hydrogen) atoms. The number of carbonyl (C=O) groups excluding carboxylic acids is 2. The minimum Gasteiger partial charge on any atom is -0.486 e. The first-order valence-electron chi connectivity index (χ1n) is 8.35. The highest BCUT2D eigenvalue weighted by Crippen LogP contribution is 2.36. The molecule has 7 nitrogen and oxygen atoms in total. The Kier molecular flexibility index (Phi) is 4.19. The van der Waals surface area contributed by atoms with E-state index in [-0.39, 0.29) is 11.7 Å². The molecule has 8 heteroatoms. The molecule has 1 aliphatic heterocycles. The minimum atomic E-state index is -0.339. The number of rotatable bonds is 3. The third-order valence-corrected chi connectivity index (χ3v) is 5.41. The van der Waals surface area contributed by atoms with Gasteiger partial charge in [-0.3, -0.25) is 9.59 Å². The van der Waals surface area contributed by atoms with Gasteiger partial charge in [-0.05, 0) is 32.0 Å². The van der Waals surface area contributed by atoms with Gasteiger partial charge in [-0.2, -0.15) is 0 Å². The van der Waals surface area contributed by atoms with Gasteiger partial charge in [0.2, 0.25) is 0 Å². The highest BCUT2D eigenvalue weighted by molar-refractivity contribution is 7.21. The second-order valence-electron chi connectivity index (χ2n) is 6.19. The third-order valence-electron chi connectivity index (χ3n) is 4.30. The number of aryl methyl sites for hydroxylation is 1. The topological polar surface area (TPSA) is 104 Å². The maximum Gasteiger partial charge on any atom is 0.267 e.